The average Bonchev–Trinajstić information content (AvgIpc) is 3.28. The van der Waals surface area contributed by atoms with Crippen molar-refractivity contribution in [3.05, 3.63) is 100 Å². The highest BCUT2D eigenvalue weighted by atomic mass is 19.1. The predicted molar refractivity (Wildman–Crippen MR) is 154 cm³/mol. The van der Waals surface area contributed by atoms with Crippen molar-refractivity contribution < 1.29 is 23.5 Å². The lowest BCUT2D eigenvalue weighted by molar-refractivity contribution is 0.0908. The number of aromatic nitrogens is 2. The van der Waals surface area contributed by atoms with Crippen LogP contribution >= 0.6 is 0 Å². The van der Waals surface area contributed by atoms with Crippen molar-refractivity contribution in [2.45, 2.75) is 39.7 Å². The molecule has 3 aromatic carbocycles. The van der Waals surface area contributed by atoms with Gasteiger partial charge >= 0.3 is 0 Å². The molecule has 0 bridgehead atoms. The molecule has 1 amide bonds. The fourth-order valence-electron chi connectivity index (χ4n) is 5.31. The van der Waals surface area contributed by atoms with Crippen molar-refractivity contribution in [3.8, 4) is 17.2 Å². The Balaban J connectivity index is 1.47. The number of carbonyl (C=O) groups is 2. The van der Waals surface area contributed by atoms with Crippen LogP contribution in [-0.4, -0.2) is 35.7 Å². The summed E-state index contributed by atoms with van der Waals surface area (Å²) in [5.74, 6) is 0.634. The second-order valence-electron chi connectivity index (χ2n) is 11.1. The van der Waals surface area contributed by atoms with E-state index in [1.165, 1.54) is 12.1 Å². The van der Waals surface area contributed by atoms with Crippen molar-refractivity contribution in [1.29, 1.82) is 0 Å². The molecule has 0 fully saturated rings. The smallest absolute Gasteiger partial charge is 0.251 e. The molecule has 1 aliphatic carbocycles. The van der Waals surface area contributed by atoms with E-state index >= 15 is 0 Å². The third-order valence-corrected chi connectivity index (χ3v) is 7.32. The number of hydrogen-bond donors (Lipinski definition) is 2. The summed E-state index contributed by atoms with van der Waals surface area (Å²) in [6.45, 7) is 4.39. The van der Waals surface area contributed by atoms with Crippen molar-refractivity contribution >= 4 is 17.4 Å². The minimum absolute atomic E-state index is 0.0494. The Hall–Kier alpha value is -4.66. The number of Topliss-reactive ketones (excluding diaryl/α,β-unsaturated/α-hetero) is 1. The van der Waals surface area contributed by atoms with Gasteiger partial charge in [0.1, 0.15) is 5.82 Å². The van der Waals surface area contributed by atoms with Crippen molar-refractivity contribution in [2.24, 2.45) is 5.41 Å². The van der Waals surface area contributed by atoms with Gasteiger partial charge in [0.15, 0.2) is 17.3 Å². The summed E-state index contributed by atoms with van der Waals surface area (Å²) in [5.41, 5.74) is 11.4. The Morgan fingerprint density at radius 3 is 2.39 bits per heavy atom. The monoisotopic (exact) mass is 556 g/mol. The lowest BCUT2D eigenvalue weighted by Gasteiger charge is -2.29. The number of hydrogen-bond acceptors (Lipinski definition) is 6. The molecule has 1 aromatic heterocycles. The Labute approximate surface area is 238 Å². The molecule has 41 heavy (non-hydrogen) atoms. The summed E-state index contributed by atoms with van der Waals surface area (Å²) < 4.78 is 25.7. The van der Waals surface area contributed by atoms with Gasteiger partial charge < -0.3 is 20.5 Å². The normalized spacial score (nSPS) is 13.9. The van der Waals surface area contributed by atoms with E-state index in [2.05, 4.69) is 19.2 Å². The van der Waals surface area contributed by atoms with Crippen molar-refractivity contribution in [2.75, 3.05) is 20.0 Å². The van der Waals surface area contributed by atoms with Gasteiger partial charge in [-0.15, -0.1) is 0 Å². The summed E-state index contributed by atoms with van der Waals surface area (Å²) >= 11 is 0. The highest BCUT2D eigenvalue weighted by Crippen LogP contribution is 2.39. The van der Waals surface area contributed by atoms with Gasteiger partial charge in [0.25, 0.3) is 5.91 Å². The van der Waals surface area contributed by atoms with Crippen LogP contribution in [-0.2, 0) is 19.4 Å². The molecule has 5 rings (SSSR count). The zero-order valence-electron chi connectivity index (χ0n) is 23.6. The molecule has 0 radical (unpaired) electrons. The third-order valence-electron chi connectivity index (χ3n) is 7.32. The molecule has 0 atom stereocenters. The van der Waals surface area contributed by atoms with Gasteiger partial charge in [0, 0.05) is 24.9 Å². The fraction of sp³-hybridized carbons (Fsp3) is 0.281. The first-order valence-electron chi connectivity index (χ1n) is 13.4. The number of benzene rings is 3. The SMILES string of the molecule is COc1ccc(Cc2nn(-c3ccc(C(=O)NCc4ccc(F)cc4)cc3N)c3c2C(=O)CC(C)(C)C3)cc1OC. The summed E-state index contributed by atoms with van der Waals surface area (Å²) in [5, 5.41) is 7.74. The maximum absolute atomic E-state index is 13.4. The van der Waals surface area contributed by atoms with Gasteiger partial charge in [-0.3, -0.25) is 9.59 Å². The number of nitrogens with zero attached hydrogens (tertiary/aromatic N) is 2. The molecule has 1 aliphatic rings. The largest absolute Gasteiger partial charge is 0.493 e. The molecule has 4 aromatic rings. The van der Waals surface area contributed by atoms with Gasteiger partial charge in [-0.2, -0.15) is 5.10 Å². The standard InChI is InChI=1S/C32H33FN4O4/c1-32(2)16-26-30(27(38)17-32)24(13-20-7-12-28(40-3)29(14-20)41-4)36-37(26)25-11-8-21(15-23(25)34)31(39)35-18-19-5-9-22(33)10-6-19/h5-12,14-15H,13,16-18,34H2,1-4H3,(H,35,39). The lowest BCUT2D eigenvalue weighted by Crippen LogP contribution is -2.28. The summed E-state index contributed by atoms with van der Waals surface area (Å²) in [7, 11) is 3.17. The third kappa shape index (κ3) is 5.79. The molecule has 212 valence electrons. The quantitative estimate of drug-likeness (QED) is 0.286. The molecular formula is C32H33FN4O4. The average molecular weight is 557 g/mol. The minimum atomic E-state index is -0.332. The molecule has 1 heterocycles. The predicted octanol–water partition coefficient (Wildman–Crippen LogP) is 5.29. The molecule has 0 spiro atoms. The zero-order valence-corrected chi connectivity index (χ0v) is 23.6. The van der Waals surface area contributed by atoms with Gasteiger partial charge in [-0.05, 0) is 65.4 Å². The van der Waals surface area contributed by atoms with Crippen LogP contribution in [0.15, 0.2) is 60.7 Å². The van der Waals surface area contributed by atoms with Gasteiger partial charge in [0.2, 0.25) is 0 Å². The molecule has 0 saturated heterocycles. The van der Waals surface area contributed by atoms with E-state index in [1.807, 2.05) is 18.2 Å². The second-order valence-corrected chi connectivity index (χ2v) is 11.1. The van der Waals surface area contributed by atoms with Crippen LogP contribution in [0.5, 0.6) is 11.5 Å². The minimum Gasteiger partial charge on any atom is -0.493 e. The summed E-state index contributed by atoms with van der Waals surface area (Å²) in [6, 6.07) is 16.6. The number of nitrogens with one attached hydrogen (secondary N) is 1. The number of nitrogens with two attached hydrogens (primary N) is 1. The van der Waals surface area contributed by atoms with Crippen molar-refractivity contribution in [3.63, 3.8) is 0 Å². The van der Waals surface area contributed by atoms with E-state index < -0.39 is 0 Å². The highest BCUT2D eigenvalue weighted by molar-refractivity contribution is 6.00. The number of anilines is 1. The number of ether oxygens (including phenoxy) is 2. The number of carbonyl (C=O) groups excluding carboxylic acids is 2. The van der Waals surface area contributed by atoms with E-state index in [-0.39, 0.29) is 29.5 Å². The molecule has 8 nitrogen and oxygen atoms in total. The van der Waals surface area contributed by atoms with Crippen LogP contribution in [0.2, 0.25) is 0 Å². The Kier molecular flexibility index (Phi) is 7.53. The van der Waals surface area contributed by atoms with E-state index in [1.54, 1.807) is 49.2 Å². The fourth-order valence-corrected chi connectivity index (χ4v) is 5.31. The molecule has 0 saturated carbocycles. The molecule has 0 unspecified atom stereocenters. The van der Waals surface area contributed by atoms with Crippen LogP contribution in [0, 0.1) is 11.2 Å². The molecule has 0 aliphatic heterocycles. The molecular weight excluding hydrogens is 523 g/mol. The van der Waals surface area contributed by atoms with E-state index in [9.17, 15) is 14.0 Å². The molecule has 9 heteroatoms. The topological polar surface area (TPSA) is 108 Å². The Morgan fingerprint density at radius 2 is 1.71 bits per heavy atom. The van der Waals surface area contributed by atoms with Crippen molar-refractivity contribution in [1.82, 2.24) is 15.1 Å². The molecule has 3 N–H and O–H groups in total. The number of methoxy groups -OCH3 is 2. The highest BCUT2D eigenvalue weighted by Gasteiger charge is 2.37. The first-order valence-corrected chi connectivity index (χ1v) is 13.4. The van der Waals surface area contributed by atoms with Crippen LogP contribution in [0.4, 0.5) is 10.1 Å². The summed E-state index contributed by atoms with van der Waals surface area (Å²) in [6.07, 6.45) is 1.49. The van der Waals surface area contributed by atoms with E-state index in [0.29, 0.717) is 59.0 Å². The van der Waals surface area contributed by atoms with Gasteiger partial charge in [0.05, 0.1) is 42.5 Å². The number of fused-ring (bicyclic) bond motifs is 1. The number of ketones is 1. The Morgan fingerprint density at radius 1 is 1.00 bits per heavy atom. The number of rotatable bonds is 8. The van der Waals surface area contributed by atoms with Gasteiger partial charge in [-0.1, -0.05) is 32.0 Å². The van der Waals surface area contributed by atoms with Crippen LogP contribution in [0.1, 0.15) is 63.5 Å². The maximum Gasteiger partial charge on any atom is 0.251 e. The van der Waals surface area contributed by atoms with Crippen LogP contribution in [0.3, 0.4) is 0 Å². The van der Waals surface area contributed by atoms with Crippen LogP contribution in [0.25, 0.3) is 5.69 Å². The first kappa shape index (κ1) is 27.9. The number of nitrogen functional groups attached to an aromatic ring is 1. The number of halogens is 1. The van der Waals surface area contributed by atoms with Crippen LogP contribution < -0.4 is 20.5 Å². The van der Waals surface area contributed by atoms with E-state index in [0.717, 1.165) is 16.8 Å². The van der Waals surface area contributed by atoms with E-state index in [4.69, 9.17) is 20.3 Å². The Bertz CT molecular complexity index is 1630. The van der Waals surface area contributed by atoms with Gasteiger partial charge in [-0.25, -0.2) is 9.07 Å². The zero-order chi connectivity index (χ0) is 29.3. The number of amides is 1. The maximum atomic E-state index is 13.4. The first-order chi connectivity index (χ1) is 19.6. The summed E-state index contributed by atoms with van der Waals surface area (Å²) in [4.78, 5) is 26.2. The lowest BCUT2D eigenvalue weighted by atomic mass is 9.75. The second kappa shape index (κ2) is 11.1.